The van der Waals surface area contributed by atoms with Crippen LogP contribution in [0.2, 0.25) is 0 Å². The zero-order valence-corrected chi connectivity index (χ0v) is 18.6. The van der Waals surface area contributed by atoms with Crippen molar-refractivity contribution in [2.75, 3.05) is 13.2 Å². The minimum Gasteiger partial charge on any atom is -0.480 e. The molecule has 2 aromatic rings. The Morgan fingerprint density at radius 1 is 1.06 bits per heavy atom. The van der Waals surface area contributed by atoms with Crippen molar-refractivity contribution in [1.29, 1.82) is 0 Å². The number of carboxylic acid groups (broad SMARTS) is 1. The molecule has 2 N–H and O–H groups in total. The summed E-state index contributed by atoms with van der Waals surface area (Å²) in [5, 5.41) is 11.2. The number of nitrogens with one attached hydrogen (secondary N) is 1. The maximum atomic E-state index is 13.1. The van der Waals surface area contributed by atoms with E-state index in [1.54, 1.807) is 0 Å². The number of hydrogen-bond donors (Lipinski definition) is 2. The first kappa shape index (κ1) is 25.1. The van der Waals surface area contributed by atoms with Crippen molar-refractivity contribution in [2.45, 2.75) is 44.4 Å². The Balaban J connectivity index is 1.74. The van der Waals surface area contributed by atoms with Crippen molar-refractivity contribution in [3.05, 3.63) is 59.7 Å². The average molecular weight is 478 g/mol. The molecule has 7 nitrogen and oxygen atoms in total. The highest BCUT2D eigenvalue weighted by molar-refractivity contribution is 5.89. The fourth-order valence-electron chi connectivity index (χ4n) is 4.17. The number of alkyl halides is 3. The standard InChI is InChI=1S/C24H25F3N2O5/c1-3-29(14(2)22(31)32)21(30)20(12-24(25,26)27)28-23(33)34-13-19-17-10-6-4-8-15(17)16-9-5-7-11-18(16)19/h4-11,14,19-20H,3,12-13H2,1-2H3,(H,28,33)(H,31,32). The lowest BCUT2D eigenvalue weighted by Gasteiger charge is -2.30. The van der Waals surface area contributed by atoms with Crippen LogP contribution in [0, 0.1) is 0 Å². The minimum atomic E-state index is -4.77. The van der Waals surface area contributed by atoms with Gasteiger partial charge < -0.3 is 20.1 Å². The van der Waals surface area contributed by atoms with E-state index in [1.165, 1.54) is 13.8 Å². The molecule has 0 bridgehead atoms. The van der Waals surface area contributed by atoms with E-state index >= 15 is 0 Å². The molecule has 1 aliphatic carbocycles. The molecule has 2 aromatic carbocycles. The third-order valence-electron chi connectivity index (χ3n) is 5.82. The van der Waals surface area contributed by atoms with Gasteiger partial charge in [-0.2, -0.15) is 13.2 Å². The van der Waals surface area contributed by atoms with E-state index in [2.05, 4.69) is 0 Å². The summed E-state index contributed by atoms with van der Waals surface area (Å²) in [5.74, 6) is -2.83. The number of rotatable bonds is 8. The van der Waals surface area contributed by atoms with Gasteiger partial charge in [0.25, 0.3) is 0 Å². The number of nitrogens with zero attached hydrogens (tertiary/aromatic N) is 1. The van der Waals surface area contributed by atoms with Crippen molar-refractivity contribution < 1.29 is 37.4 Å². The molecule has 0 radical (unpaired) electrons. The van der Waals surface area contributed by atoms with E-state index in [1.807, 2.05) is 53.8 Å². The van der Waals surface area contributed by atoms with Crippen LogP contribution in [0.25, 0.3) is 11.1 Å². The SMILES string of the molecule is CCN(C(=O)C(CC(F)(F)F)NC(=O)OCC1c2ccccc2-c2ccccc21)C(C)C(=O)O. The molecule has 2 atom stereocenters. The first-order chi connectivity index (χ1) is 16.0. The Kier molecular flexibility index (Phi) is 7.48. The van der Waals surface area contributed by atoms with Crippen molar-refractivity contribution in [3.63, 3.8) is 0 Å². The van der Waals surface area contributed by atoms with Gasteiger partial charge in [0.1, 0.15) is 18.7 Å². The first-order valence-corrected chi connectivity index (χ1v) is 10.7. The molecule has 2 amide bonds. The second-order valence-corrected chi connectivity index (χ2v) is 7.98. The summed E-state index contributed by atoms with van der Waals surface area (Å²) < 4.78 is 44.6. The number of hydrogen-bond acceptors (Lipinski definition) is 4. The summed E-state index contributed by atoms with van der Waals surface area (Å²) in [4.78, 5) is 37.2. The van der Waals surface area contributed by atoms with Gasteiger partial charge >= 0.3 is 18.2 Å². The van der Waals surface area contributed by atoms with Crippen LogP contribution in [0.5, 0.6) is 0 Å². The summed E-state index contributed by atoms with van der Waals surface area (Å²) in [6.45, 7) is 2.33. The van der Waals surface area contributed by atoms with E-state index < -0.39 is 42.7 Å². The summed E-state index contributed by atoms with van der Waals surface area (Å²) in [6, 6.07) is 11.7. The molecule has 34 heavy (non-hydrogen) atoms. The smallest absolute Gasteiger partial charge is 0.407 e. The van der Waals surface area contributed by atoms with Crippen molar-refractivity contribution in [3.8, 4) is 11.1 Å². The quantitative estimate of drug-likeness (QED) is 0.594. The van der Waals surface area contributed by atoms with Crippen LogP contribution in [-0.2, 0) is 14.3 Å². The van der Waals surface area contributed by atoms with Crippen LogP contribution in [0.4, 0.5) is 18.0 Å². The molecule has 10 heteroatoms. The van der Waals surface area contributed by atoms with E-state index in [9.17, 15) is 27.6 Å². The van der Waals surface area contributed by atoms with Gasteiger partial charge in [0.15, 0.2) is 0 Å². The molecule has 0 aliphatic heterocycles. The summed E-state index contributed by atoms with van der Waals surface area (Å²) in [5.41, 5.74) is 3.82. The van der Waals surface area contributed by atoms with Crippen LogP contribution in [0.3, 0.4) is 0 Å². The maximum Gasteiger partial charge on any atom is 0.407 e. The van der Waals surface area contributed by atoms with Gasteiger partial charge in [0.2, 0.25) is 5.91 Å². The lowest BCUT2D eigenvalue weighted by Crippen LogP contribution is -2.54. The number of carbonyl (C=O) groups is 3. The lowest BCUT2D eigenvalue weighted by atomic mass is 9.98. The molecule has 0 aromatic heterocycles. The topological polar surface area (TPSA) is 95.9 Å². The molecule has 1 aliphatic rings. The highest BCUT2D eigenvalue weighted by Crippen LogP contribution is 2.44. The lowest BCUT2D eigenvalue weighted by molar-refractivity contribution is -0.158. The van der Waals surface area contributed by atoms with Crippen LogP contribution >= 0.6 is 0 Å². The molecule has 2 unspecified atom stereocenters. The largest absolute Gasteiger partial charge is 0.480 e. The summed E-state index contributed by atoms with van der Waals surface area (Å²) in [6.07, 6.45) is -7.62. The van der Waals surface area contributed by atoms with Crippen molar-refractivity contribution in [1.82, 2.24) is 10.2 Å². The second kappa shape index (κ2) is 10.1. The van der Waals surface area contributed by atoms with E-state index in [0.717, 1.165) is 27.2 Å². The molecule has 0 spiro atoms. The van der Waals surface area contributed by atoms with Gasteiger partial charge in [0, 0.05) is 12.5 Å². The average Bonchev–Trinajstić information content (AvgIpc) is 3.10. The highest BCUT2D eigenvalue weighted by atomic mass is 19.4. The molecule has 0 fully saturated rings. The molecule has 182 valence electrons. The molecule has 0 heterocycles. The number of alkyl carbamates (subject to hydrolysis) is 1. The Morgan fingerprint density at radius 2 is 1.59 bits per heavy atom. The zero-order chi connectivity index (χ0) is 25.0. The fourth-order valence-corrected chi connectivity index (χ4v) is 4.17. The molecule has 0 saturated carbocycles. The molecular weight excluding hydrogens is 453 g/mol. The van der Waals surface area contributed by atoms with Gasteiger partial charge in [-0.25, -0.2) is 9.59 Å². The first-order valence-electron chi connectivity index (χ1n) is 10.7. The van der Waals surface area contributed by atoms with Crippen molar-refractivity contribution in [2.24, 2.45) is 0 Å². The number of halogens is 3. The van der Waals surface area contributed by atoms with E-state index in [-0.39, 0.29) is 19.1 Å². The number of aliphatic carboxylic acids is 1. The van der Waals surface area contributed by atoms with Gasteiger partial charge in [-0.15, -0.1) is 0 Å². The van der Waals surface area contributed by atoms with Crippen LogP contribution in [-0.4, -0.2) is 59.4 Å². The predicted molar refractivity (Wildman–Crippen MR) is 117 cm³/mol. The van der Waals surface area contributed by atoms with Crippen molar-refractivity contribution >= 4 is 18.0 Å². The van der Waals surface area contributed by atoms with E-state index in [0.29, 0.717) is 0 Å². The number of carboxylic acids is 1. The number of likely N-dealkylation sites (N-methyl/N-ethyl adjacent to an activating group) is 1. The Hall–Kier alpha value is -3.56. The molecule has 3 rings (SSSR count). The van der Waals surface area contributed by atoms with E-state index in [4.69, 9.17) is 9.84 Å². The molecule has 0 saturated heterocycles. The number of amides is 2. The number of benzene rings is 2. The fraction of sp³-hybridized carbons (Fsp3) is 0.375. The zero-order valence-electron chi connectivity index (χ0n) is 18.6. The Labute approximate surface area is 194 Å². The van der Waals surface area contributed by atoms with Gasteiger partial charge in [-0.1, -0.05) is 48.5 Å². The maximum absolute atomic E-state index is 13.1. The number of ether oxygens (including phenoxy) is 1. The summed E-state index contributed by atoms with van der Waals surface area (Å²) in [7, 11) is 0. The molecular formula is C24H25F3N2O5. The van der Waals surface area contributed by atoms with Gasteiger partial charge in [0.05, 0.1) is 6.42 Å². The third kappa shape index (κ3) is 5.49. The van der Waals surface area contributed by atoms with Crippen LogP contribution < -0.4 is 5.32 Å². The monoisotopic (exact) mass is 478 g/mol. The number of carbonyl (C=O) groups excluding carboxylic acids is 2. The predicted octanol–water partition coefficient (Wildman–Crippen LogP) is 4.17. The van der Waals surface area contributed by atoms with Gasteiger partial charge in [-0.05, 0) is 36.1 Å². The normalized spacial score (nSPS) is 14.5. The van der Waals surface area contributed by atoms with Gasteiger partial charge in [-0.3, -0.25) is 4.79 Å². The van der Waals surface area contributed by atoms with Crippen LogP contribution in [0.15, 0.2) is 48.5 Å². The highest BCUT2D eigenvalue weighted by Gasteiger charge is 2.40. The number of fused-ring (bicyclic) bond motifs is 3. The van der Waals surface area contributed by atoms with Crippen LogP contribution in [0.1, 0.15) is 37.3 Å². The third-order valence-corrected chi connectivity index (χ3v) is 5.82. The minimum absolute atomic E-state index is 0.143. The second-order valence-electron chi connectivity index (χ2n) is 7.98. The Bertz CT molecular complexity index is 1030. The summed E-state index contributed by atoms with van der Waals surface area (Å²) >= 11 is 0. The Morgan fingerprint density at radius 3 is 2.06 bits per heavy atom.